The van der Waals surface area contributed by atoms with Crippen LogP contribution in [0.1, 0.15) is 78.7 Å². The highest BCUT2D eigenvalue weighted by molar-refractivity contribution is 5.89. The number of benzene rings is 2. The van der Waals surface area contributed by atoms with Crippen LogP contribution >= 0.6 is 0 Å². The summed E-state index contributed by atoms with van der Waals surface area (Å²) in [6.07, 6.45) is 9.23. The zero-order chi connectivity index (χ0) is 25.9. The molecule has 0 saturated heterocycles. The van der Waals surface area contributed by atoms with E-state index in [0.29, 0.717) is 12.1 Å². The zero-order valence-electron chi connectivity index (χ0n) is 21.6. The molecule has 2 N–H and O–H groups in total. The number of carbonyl (C=O) groups excluding carboxylic acids is 1. The Kier molecular flexibility index (Phi) is 7.48. The number of aliphatic hydroxyl groups is 2. The summed E-state index contributed by atoms with van der Waals surface area (Å²) in [7, 11) is 0. The average molecular weight is 489 g/mol. The second kappa shape index (κ2) is 10.4. The van der Waals surface area contributed by atoms with Crippen LogP contribution in [-0.2, 0) is 22.1 Å². The first-order valence-electron chi connectivity index (χ1n) is 12.5. The lowest BCUT2D eigenvalue weighted by atomic mass is 9.62. The zero-order valence-corrected chi connectivity index (χ0v) is 21.6. The number of hydrogen-bond donors (Lipinski definition) is 2. The fourth-order valence-corrected chi connectivity index (χ4v) is 4.76. The molecule has 4 rings (SSSR count). The Morgan fingerprint density at radius 1 is 1.08 bits per heavy atom. The number of rotatable bonds is 8. The SMILES string of the molecule is CC1(C)CCC(C)(C)c2cc(Cn3cccn3)c(/C=C/c3ccc(C(=O)OCC(O)CO)cc3)cc21. The van der Waals surface area contributed by atoms with Crippen LogP contribution in [0, 0.1) is 0 Å². The molecule has 0 aliphatic heterocycles. The van der Waals surface area contributed by atoms with E-state index in [4.69, 9.17) is 9.84 Å². The molecule has 0 radical (unpaired) electrons. The van der Waals surface area contributed by atoms with Gasteiger partial charge in [0.15, 0.2) is 0 Å². The van der Waals surface area contributed by atoms with E-state index in [0.717, 1.165) is 24.0 Å². The number of ether oxygens (including phenoxy) is 1. The van der Waals surface area contributed by atoms with Crippen LogP contribution in [0.3, 0.4) is 0 Å². The van der Waals surface area contributed by atoms with Gasteiger partial charge in [0.05, 0.1) is 18.7 Å². The van der Waals surface area contributed by atoms with Crippen LogP contribution in [0.5, 0.6) is 0 Å². The molecular formula is C30H36N2O4. The van der Waals surface area contributed by atoms with Crippen molar-refractivity contribution in [1.29, 1.82) is 0 Å². The second-order valence-electron chi connectivity index (χ2n) is 11.0. The first-order valence-corrected chi connectivity index (χ1v) is 12.5. The average Bonchev–Trinajstić information content (AvgIpc) is 3.37. The summed E-state index contributed by atoms with van der Waals surface area (Å²) >= 11 is 0. The van der Waals surface area contributed by atoms with Crippen molar-refractivity contribution in [1.82, 2.24) is 9.78 Å². The Bertz CT molecular complexity index is 1220. The molecule has 1 unspecified atom stereocenters. The van der Waals surface area contributed by atoms with Gasteiger partial charge in [0.1, 0.15) is 12.7 Å². The van der Waals surface area contributed by atoms with Gasteiger partial charge >= 0.3 is 5.97 Å². The van der Waals surface area contributed by atoms with E-state index in [1.54, 1.807) is 18.3 Å². The summed E-state index contributed by atoms with van der Waals surface area (Å²) in [4.78, 5) is 12.2. The number of aromatic nitrogens is 2. The van der Waals surface area contributed by atoms with Gasteiger partial charge in [-0.3, -0.25) is 4.68 Å². The molecule has 190 valence electrons. The van der Waals surface area contributed by atoms with Gasteiger partial charge in [-0.05, 0) is 69.7 Å². The van der Waals surface area contributed by atoms with E-state index < -0.39 is 18.7 Å². The molecule has 36 heavy (non-hydrogen) atoms. The molecule has 1 aliphatic rings. The van der Waals surface area contributed by atoms with E-state index >= 15 is 0 Å². The predicted molar refractivity (Wildman–Crippen MR) is 142 cm³/mol. The molecular weight excluding hydrogens is 452 g/mol. The van der Waals surface area contributed by atoms with Gasteiger partial charge in [0.2, 0.25) is 0 Å². The predicted octanol–water partition coefficient (Wildman–Crippen LogP) is 4.96. The van der Waals surface area contributed by atoms with Crippen LogP contribution in [0.15, 0.2) is 54.9 Å². The summed E-state index contributed by atoms with van der Waals surface area (Å²) < 4.78 is 6.98. The first kappa shape index (κ1) is 25.9. The third-order valence-corrected chi connectivity index (χ3v) is 7.22. The Balaban J connectivity index is 1.63. The number of aliphatic hydroxyl groups excluding tert-OH is 2. The number of fused-ring (bicyclic) bond motifs is 1. The molecule has 0 bridgehead atoms. The molecule has 0 amide bonds. The Labute approximate surface area is 213 Å². The topological polar surface area (TPSA) is 84.6 Å². The summed E-state index contributed by atoms with van der Waals surface area (Å²) in [5.74, 6) is -0.529. The Hall–Kier alpha value is -3.22. The second-order valence-corrected chi connectivity index (χ2v) is 11.0. The maximum absolute atomic E-state index is 12.2. The molecule has 1 aromatic heterocycles. The van der Waals surface area contributed by atoms with Crippen molar-refractivity contribution in [2.24, 2.45) is 0 Å². The smallest absolute Gasteiger partial charge is 0.338 e. The number of carbonyl (C=O) groups is 1. The molecule has 1 atom stereocenters. The van der Waals surface area contributed by atoms with Crippen molar-refractivity contribution in [2.45, 2.75) is 64.0 Å². The molecule has 0 saturated carbocycles. The molecule has 0 spiro atoms. The lowest BCUT2D eigenvalue weighted by Crippen LogP contribution is -2.34. The van der Waals surface area contributed by atoms with Crippen molar-refractivity contribution in [3.63, 3.8) is 0 Å². The summed E-state index contributed by atoms with van der Waals surface area (Å²) in [5.41, 5.74) is 6.82. The van der Waals surface area contributed by atoms with Gasteiger partial charge in [-0.15, -0.1) is 0 Å². The monoisotopic (exact) mass is 488 g/mol. The van der Waals surface area contributed by atoms with Gasteiger partial charge in [-0.1, -0.05) is 64.1 Å². The molecule has 6 nitrogen and oxygen atoms in total. The van der Waals surface area contributed by atoms with Crippen molar-refractivity contribution < 1.29 is 19.7 Å². The van der Waals surface area contributed by atoms with Gasteiger partial charge in [-0.25, -0.2) is 4.79 Å². The van der Waals surface area contributed by atoms with E-state index in [1.165, 1.54) is 16.7 Å². The minimum Gasteiger partial charge on any atom is -0.459 e. The van der Waals surface area contributed by atoms with Gasteiger partial charge < -0.3 is 14.9 Å². The summed E-state index contributed by atoms with van der Waals surface area (Å²) in [5, 5.41) is 22.7. The largest absolute Gasteiger partial charge is 0.459 e. The molecule has 2 aromatic carbocycles. The Morgan fingerprint density at radius 3 is 2.36 bits per heavy atom. The van der Waals surface area contributed by atoms with Crippen LogP contribution in [0.4, 0.5) is 0 Å². The van der Waals surface area contributed by atoms with Crippen molar-refractivity contribution >= 4 is 18.1 Å². The van der Waals surface area contributed by atoms with Crippen LogP contribution in [-0.4, -0.2) is 45.3 Å². The number of esters is 1. The highest BCUT2D eigenvalue weighted by atomic mass is 16.5. The van der Waals surface area contributed by atoms with E-state index in [1.807, 2.05) is 29.1 Å². The van der Waals surface area contributed by atoms with Crippen LogP contribution in [0.25, 0.3) is 12.2 Å². The maximum Gasteiger partial charge on any atom is 0.338 e. The lowest BCUT2D eigenvalue weighted by molar-refractivity contribution is 0.00933. The molecule has 6 heteroatoms. The summed E-state index contributed by atoms with van der Waals surface area (Å²) in [6, 6.07) is 13.8. The Morgan fingerprint density at radius 2 is 1.75 bits per heavy atom. The van der Waals surface area contributed by atoms with Gasteiger partial charge in [0, 0.05) is 12.4 Å². The highest BCUT2D eigenvalue weighted by Gasteiger charge is 2.37. The number of hydrogen-bond acceptors (Lipinski definition) is 5. The lowest BCUT2D eigenvalue weighted by Gasteiger charge is -2.42. The fraction of sp³-hybridized carbons (Fsp3) is 0.400. The van der Waals surface area contributed by atoms with E-state index in [-0.39, 0.29) is 17.4 Å². The van der Waals surface area contributed by atoms with Gasteiger partial charge in [-0.2, -0.15) is 5.10 Å². The fourth-order valence-electron chi connectivity index (χ4n) is 4.76. The van der Waals surface area contributed by atoms with E-state index in [2.05, 4.69) is 57.1 Å². The molecule has 1 aliphatic carbocycles. The quantitative estimate of drug-likeness (QED) is 0.346. The molecule has 3 aromatic rings. The van der Waals surface area contributed by atoms with Crippen molar-refractivity contribution in [3.05, 3.63) is 88.2 Å². The van der Waals surface area contributed by atoms with Crippen LogP contribution < -0.4 is 0 Å². The third-order valence-electron chi connectivity index (χ3n) is 7.22. The standard InChI is InChI=1S/C30H36N2O4/c1-29(2)12-13-30(3,4)27-17-24(18-32-15-5-14-31-32)23(16-26(27)29)11-8-21-6-9-22(10-7-21)28(35)36-20-25(34)19-33/h5-11,14-17,25,33-34H,12-13,18-20H2,1-4H3/b11-8+. The van der Waals surface area contributed by atoms with Gasteiger partial charge in [0.25, 0.3) is 0 Å². The van der Waals surface area contributed by atoms with Crippen molar-refractivity contribution in [2.75, 3.05) is 13.2 Å². The van der Waals surface area contributed by atoms with E-state index in [9.17, 15) is 9.90 Å². The molecule has 1 heterocycles. The normalized spacial score (nSPS) is 17.1. The first-order chi connectivity index (χ1) is 17.1. The minimum absolute atomic E-state index is 0.114. The third kappa shape index (κ3) is 5.77. The highest BCUT2D eigenvalue weighted by Crippen LogP contribution is 2.46. The van der Waals surface area contributed by atoms with Crippen LogP contribution in [0.2, 0.25) is 0 Å². The number of nitrogens with zero attached hydrogens (tertiary/aromatic N) is 2. The minimum atomic E-state index is -1.07. The maximum atomic E-state index is 12.2. The molecule has 0 fully saturated rings. The summed E-state index contributed by atoms with van der Waals surface area (Å²) in [6.45, 7) is 9.36. The van der Waals surface area contributed by atoms with Crippen molar-refractivity contribution in [3.8, 4) is 0 Å².